The van der Waals surface area contributed by atoms with Crippen LogP contribution in [0.3, 0.4) is 0 Å². The summed E-state index contributed by atoms with van der Waals surface area (Å²) in [7, 11) is 1.60. The van der Waals surface area contributed by atoms with Crippen LogP contribution in [0.2, 0.25) is 0 Å². The molecule has 0 saturated carbocycles. The maximum Gasteiger partial charge on any atom is 0.262 e. The van der Waals surface area contributed by atoms with Gasteiger partial charge < -0.3 is 19.5 Å². The van der Waals surface area contributed by atoms with Crippen LogP contribution in [0, 0.1) is 0 Å². The Hall–Kier alpha value is -2.69. The summed E-state index contributed by atoms with van der Waals surface area (Å²) in [5.41, 5.74) is 0.699. The summed E-state index contributed by atoms with van der Waals surface area (Å²) in [5.74, 6) is 1.90. The average molecular weight is 371 g/mol. The van der Waals surface area contributed by atoms with Crippen LogP contribution >= 0.6 is 0 Å². The van der Waals surface area contributed by atoms with E-state index in [0.717, 1.165) is 17.9 Å². The van der Waals surface area contributed by atoms with Crippen molar-refractivity contribution in [3.8, 4) is 17.2 Å². The van der Waals surface area contributed by atoms with E-state index in [1.165, 1.54) is 25.7 Å². The van der Waals surface area contributed by atoms with E-state index in [2.05, 4.69) is 12.2 Å². The molecule has 0 radical (unpaired) electrons. The first kappa shape index (κ1) is 20.6. The highest BCUT2D eigenvalue weighted by Crippen LogP contribution is 2.20. The number of carbonyl (C=O) groups excluding carboxylic acids is 1. The van der Waals surface area contributed by atoms with Gasteiger partial charge in [0.1, 0.15) is 17.2 Å². The third-order valence-electron chi connectivity index (χ3n) is 4.07. The second kappa shape index (κ2) is 11.8. The molecular formula is C22H29NO4. The number of amides is 1. The molecule has 2 aromatic carbocycles. The van der Waals surface area contributed by atoms with Gasteiger partial charge in [-0.15, -0.1) is 0 Å². The van der Waals surface area contributed by atoms with Gasteiger partial charge in [-0.3, -0.25) is 4.79 Å². The van der Waals surface area contributed by atoms with Crippen LogP contribution in [0.25, 0.3) is 0 Å². The van der Waals surface area contributed by atoms with E-state index in [1.54, 1.807) is 31.4 Å². The van der Waals surface area contributed by atoms with Crippen LogP contribution in [0.5, 0.6) is 17.2 Å². The number of nitrogens with one attached hydrogen (secondary N) is 1. The fraction of sp³-hybridized carbons (Fsp3) is 0.409. The molecule has 0 atom stereocenters. The lowest BCUT2D eigenvalue weighted by Crippen LogP contribution is -2.20. The first-order valence-corrected chi connectivity index (χ1v) is 9.51. The molecule has 0 aromatic heterocycles. The summed E-state index contributed by atoms with van der Waals surface area (Å²) in [6, 6.07) is 14.5. The van der Waals surface area contributed by atoms with E-state index in [1.807, 2.05) is 24.3 Å². The third-order valence-corrected chi connectivity index (χ3v) is 4.07. The van der Waals surface area contributed by atoms with E-state index < -0.39 is 0 Å². The Labute approximate surface area is 161 Å². The Kier molecular flexibility index (Phi) is 9.04. The van der Waals surface area contributed by atoms with Crippen molar-refractivity contribution >= 4 is 11.6 Å². The van der Waals surface area contributed by atoms with Crippen molar-refractivity contribution in [3.05, 3.63) is 48.5 Å². The van der Waals surface area contributed by atoms with Gasteiger partial charge in [-0.2, -0.15) is 0 Å². The largest absolute Gasteiger partial charge is 0.497 e. The highest BCUT2D eigenvalue weighted by molar-refractivity contribution is 5.91. The number of hydrogen-bond acceptors (Lipinski definition) is 4. The Bertz CT molecular complexity index is 685. The van der Waals surface area contributed by atoms with Crippen molar-refractivity contribution in [1.82, 2.24) is 0 Å². The predicted octanol–water partition coefficient (Wildman–Crippen LogP) is 5.06. The number of unbranched alkanes of at least 4 members (excludes halogenated alkanes) is 4. The standard InChI is InChI=1S/C22H29NO4/c1-3-4-5-6-7-15-26-20-9-8-10-21(16-20)27-17-22(24)23-18-11-13-19(25-2)14-12-18/h8-14,16H,3-7,15,17H2,1-2H3,(H,23,24). The second-order valence-corrected chi connectivity index (χ2v) is 6.30. The molecule has 0 bridgehead atoms. The summed E-state index contributed by atoms with van der Waals surface area (Å²) in [5, 5.41) is 2.79. The minimum atomic E-state index is -0.220. The van der Waals surface area contributed by atoms with Gasteiger partial charge in [0.05, 0.1) is 13.7 Å². The molecule has 5 nitrogen and oxygen atoms in total. The minimum Gasteiger partial charge on any atom is -0.497 e. The Morgan fingerprint density at radius 3 is 2.30 bits per heavy atom. The van der Waals surface area contributed by atoms with Crippen molar-refractivity contribution in [2.24, 2.45) is 0 Å². The van der Waals surface area contributed by atoms with E-state index in [9.17, 15) is 4.79 Å². The van der Waals surface area contributed by atoms with Gasteiger partial charge >= 0.3 is 0 Å². The normalized spacial score (nSPS) is 10.3. The molecule has 0 heterocycles. The molecule has 1 amide bonds. The smallest absolute Gasteiger partial charge is 0.262 e. The number of carbonyl (C=O) groups is 1. The number of benzene rings is 2. The first-order chi connectivity index (χ1) is 13.2. The Balaban J connectivity index is 1.72. The Morgan fingerprint density at radius 2 is 1.59 bits per heavy atom. The predicted molar refractivity (Wildman–Crippen MR) is 108 cm³/mol. The molecule has 146 valence electrons. The summed E-state index contributed by atoms with van der Waals surface area (Å²) in [6.45, 7) is 2.84. The summed E-state index contributed by atoms with van der Waals surface area (Å²) in [4.78, 5) is 12.0. The fourth-order valence-corrected chi connectivity index (χ4v) is 2.57. The first-order valence-electron chi connectivity index (χ1n) is 9.51. The lowest BCUT2D eigenvalue weighted by molar-refractivity contribution is -0.118. The Morgan fingerprint density at radius 1 is 0.889 bits per heavy atom. The zero-order valence-electron chi connectivity index (χ0n) is 16.2. The van der Waals surface area contributed by atoms with Crippen molar-refractivity contribution in [2.45, 2.75) is 39.0 Å². The van der Waals surface area contributed by atoms with Gasteiger partial charge in [-0.05, 0) is 42.8 Å². The van der Waals surface area contributed by atoms with Crippen molar-refractivity contribution in [1.29, 1.82) is 0 Å². The number of methoxy groups -OCH3 is 1. The van der Waals surface area contributed by atoms with Gasteiger partial charge in [0, 0.05) is 11.8 Å². The number of ether oxygens (including phenoxy) is 3. The average Bonchev–Trinajstić information content (AvgIpc) is 2.70. The second-order valence-electron chi connectivity index (χ2n) is 6.30. The SMILES string of the molecule is CCCCCCCOc1cccc(OCC(=O)Nc2ccc(OC)cc2)c1. The lowest BCUT2D eigenvalue weighted by Gasteiger charge is -2.10. The highest BCUT2D eigenvalue weighted by Gasteiger charge is 2.05. The maximum absolute atomic E-state index is 12.0. The topological polar surface area (TPSA) is 56.8 Å². The molecular weight excluding hydrogens is 342 g/mol. The number of anilines is 1. The molecule has 0 aliphatic rings. The molecule has 2 aromatic rings. The number of rotatable bonds is 12. The molecule has 0 saturated heterocycles. The zero-order valence-corrected chi connectivity index (χ0v) is 16.2. The lowest BCUT2D eigenvalue weighted by atomic mass is 10.2. The molecule has 0 fully saturated rings. The van der Waals surface area contributed by atoms with Crippen molar-refractivity contribution in [3.63, 3.8) is 0 Å². The molecule has 0 spiro atoms. The van der Waals surface area contributed by atoms with Gasteiger partial charge in [0.15, 0.2) is 6.61 Å². The van der Waals surface area contributed by atoms with Crippen molar-refractivity contribution < 1.29 is 19.0 Å². The molecule has 1 N–H and O–H groups in total. The highest BCUT2D eigenvalue weighted by atomic mass is 16.5. The summed E-state index contributed by atoms with van der Waals surface area (Å²) < 4.78 is 16.4. The van der Waals surface area contributed by atoms with Gasteiger partial charge in [-0.25, -0.2) is 0 Å². The van der Waals surface area contributed by atoms with E-state index in [0.29, 0.717) is 18.0 Å². The monoisotopic (exact) mass is 371 g/mol. The van der Waals surface area contributed by atoms with Crippen LogP contribution in [-0.4, -0.2) is 26.2 Å². The molecule has 27 heavy (non-hydrogen) atoms. The van der Waals surface area contributed by atoms with Gasteiger partial charge in [0.25, 0.3) is 5.91 Å². The van der Waals surface area contributed by atoms with Crippen LogP contribution in [0.15, 0.2) is 48.5 Å². The van der Waals surface area contributed by atoms with Crippen LogP contribution < -0.4 is 19.5 Å². The van der Waals surface area contributed by atoms with Crippen LogP contribution in [0.4, 0.5) is 5.69 Å². The quantitative estimate of drug-likeness (QED) is 0.530. The van der Waals surface area contributed by atoms with E-state index in [-0.39, 0.29) is 12.5 Å². The number of hydrogen-bond donors (Lipinski definition) is 1. The molecule has 0 aliphatic carbocycles. The van der Waals surface area contributed by atoms with Crippen LogP contribution in [-0.2, 0) is 4.79 Å². The van der Waals surface area contributed by atoms with E-state index in [4.69, 9.17) is 14.2 Å². The maximum atomic E-state index is 12.0. The zero-order chi connectivity index (χ0) is 19.3. The van der Waals surface area contributed by atoms with Crippen LogP contribution in [0.1, 0.15) is 39.0 Å². The third kappa shape index (κ3) is 8.03. The van der Waals surface area contributed by atoms with E-state index >= 15 is 0 Å². The molecule has 0 unspecified atom stereocenters. The van der Waals surface area contributed by atoms with Gasteiger partial charge in [0.2, 0.25) is 0 Å². The molecule has 2 rings (SSSR count). The minimum absolute atomic E-state index is 0.0630. The fourth-order valence-electron chi connectivity index (χ4n) is 2.57. The van der Waals surface area contributed by atoms with Gasteiger partial charge in [-0.1, -0.05) is 38.7 Å². The molecule has 0 aliphatic heterocycles. The molecule has 5 heteroatoms. The summed E-state index contributed by atoms with van der Waals surface area (Å²) >= 11 is 0. The van der Waals surface area contributed by atoms with Crippen molar-refractivity contribution in [2.75, 3.05) is 25.6 Å². The summed E-state index contributed by atoms with van der Waals surface area (Å²) in [6.07, 6.45) is 6.02.